The lowest BCUT2D eigenvalue weighted by atomic mass is 10.2. The van der Waals surface area contributed by atoms with Gasteiger partial charge in [0.15, 0.2) is 11.5 Å². The average molecular weight is 584 g/mol. The normalized spacial score (nSPS) is 10.8. The Bertz CT molecular complexity index is 1520. The van der Waals surface area contributed by atoms with Gasteiger partial charge in [-0.1, -0.05) is 59.1 Å². The molecule has 0 bridgehead atoms. The summed E-state index contributed by atoms with van der Waals surface area (Å²) in [7, 11) is 1.44. The van der Waals surface area contributed by atoms with Crippen LogP contribution in [0.5, 0.6) is 17.2 Å². The van der Waals surface area contributed by atoms with Gasteiger partial charge >= 0.3 is 5.97 Å². The van der Waals surface area contributed by atoms with E-state index in [1.807, 2.05) is 12.1 Å². The molecule has 0 heterocycles. The minimum atomic E-state index is -0.666. The molecule has 0 saturated carbocycles. The van der Waals surface area contributed by atoms with E-state index in [4.69, 9.17) is 49.0 Å². The molecule has 0 saturated heterocycles. The van der Waals surface area contributed by atoms with E-state index < -0.39 is 11.9 Å². The summed E-state index contributed by atoms with van der Waals surface area (Å²) >= 11 is 17.9. The molecular weight excluding hydrogens is 563 g/mol. The lowest BCUT2D eigenvalue weighted by molar-refractivity contribution is 0.0729. The molecule has 0 atom stereocenters. The molecule has 1 amide bonds. The van der Waals surface area contributed by atoms with Crippen LogP contribution in [0.3, 0.4) is 0 Å². The molecular formula is C29H21Cl3N2O5. The first kappa shape index (κ1) is 28.0. The van der Waals surface area contributed by atoms with E-state index in [0.29, 0.717) is 26.9 Å². The van der Waals surface area contributed by atoms with Gasteiger partial charge in [0.25, 0.3) is 5.91 Å². The maximum Gasteiger partial charge on any atom is 0.345 e. The zero-order valence-corrected chi connectivity index (χ0v) is 22.8. The summed E-state index contributed by atoms with van der Waals surface area (Å²) in [5.41, 5.74) is 4.47. The largest absolute Gasteiger partial charge is 0.493 e. The summed E-state index contributed by atoms with van der Waals surface area (Å²) in [5, 5.41) is 5.24. The van der Waals surface area contributed by atoms with E-state index in [0.717, 1.165) is 5.56 Å². The Morgan fingerprint density at radius 1 is 0.821 bits per heavy atom. The molecule has 7 nitrogen and oxygen atoms in total. The van der Waals surface area contributed by atoms with Crippen LogP contribution in [0.25, 0.3) is 0 Å². The van der Waals surface area contributed by atoms with Crippen molar-refractivity contribution < 1.29 is 23.8 Å². The predicted molar refractivity (Wildman–Crippen MR) is 152 cm³/mol. The zero-order chi connectivity index (χ0) is 27.8. The van der Waals surface area contributed by atoms with Crippen molar-refractivity contribution in [3.63, 3.8) is 0 Å². The smallest absolute Gasteiger partial charge is 0.345 e. The number of carbonyl (C=O) groups is 2. The third-order valence-corrected chi connectivity index (χ3v) is 6.16. The number of esters is 1. The summed E-state index contributed by atoms with van der Waals surface area (Å²) in [6.45, 7) is 0.270. The van der Waals surface area contributed by atoms with E-state index in [1.165, 1.54) is 25.5 Å². The standard InChI is InChI=1S/C29H21Cl3N2O5/c1-37-27-14-19(8-13-26(27)39-29(36)22-12-11-21(31)15-24(22)32)16-33-34-28(35)23-4-2-3-5-25(23)38-17-18-6-9-20(30)10-7-18/h2-16H,17H2,1H3,(H,34,35)/b33-16+. The maximum absolute atomic E-state index is 12.8. The highest BCUT2D eigenvalue weighted by Crippen LogP contribution is 2.30. The van der Waals surface area contributed by atoms with Gasteiger partial charge in [-0.15, -0.1) is 0 Å². The second kappa shape index (κ2) is 13.2. The fourth-order valence-electron chi connectivity index (χ4n) is 3.41. The lowest BCUT2D eigenvalue weighted by Crippen LogP contribution is -2.18. The van der Waals surface area contributed by atoms with Crippen molar-refractivity contribution in [1.82, 2.24) is 5.43 Å². The fraction of sp³-hybridized carbons (Fsp3) is 0.0690. The predicted octanol–water partition coefficient (Wildman–Crippen LogP) is 7.22. The van der Waals surface area contributed by atoms with Gasteiger partial charge in [0.05, 0.1) is 29.5 Å². The number of methoxy groups -OCH3 is 1. The van der Waals surface area contributed by atoms with Crippen LogP contribution < -0.4 is 19.6 Å². The van der Waals surface area contributed by atoms with Crippen LogP contribution in [0, 0.1) is 0 Å². The number of rotatable bonds is 9. The van der Waals surface area contributed by atoms with Crippen molar-refractivity contribution in [2.75, 3.05) is 7.11 Å². The van der Waals surface area contributed by atoms with Crippen LogP contribution in [0.1, 0.15) is 31.8 Å². The average Bonchev–Trinajstić information content (AvgIpc) is 2.93. The van der Waals surface area contributed by atoms with Crippen molar-refractivity contribution >= 4 is 52.9 Å². The number of benzene rings is 4. The molecule has 0 spiro atoms. The van der Waals surface area contributed by atoms with Crippen molar-refractivity contribution in [2.24, 2.45) is 5.10 Å². The third kappa shape index (κ3) is 7.51. The van der Waals surface area contributed by atoms with Gasteiger partial charge in [0, 0.05) is 10.0 Å². The lowest BCUT2D eigenvalue weighted by Gasteiger charge is -2.11. The quantitative estimate of drug-likeness (QED) is 0.0973. The van der Waals surface area contributed by atoms with E-state index in [2.05, 4.69) is 10.5 Å². The number of carbonyl (C=O) groups excluding carboxylic acids is 2. The van der Waals surface area contributed by atoms with Gasteiger partial charge in [-0.3, -0.25) is 4.79 Å². The van der Waals surface area contributed by atoms with E-state index in [9.17, 15) is 9.59 Å². The Labute approximate surface area is 239 Å². The number of nitrogens with one attached hydrogen (secondary N) is 1. The molecule has 0 aromatic heterocycles. The highest BCUT2D eigenvalue weighted by molar-refractivity contribution is 6.36. The number of amides is 1. The van der Waals surface area contributed by atoms with Crippen molar-refractivity contribution in [1.29, 1.82) is 0 Å². The summed E-state index contributed by atoms with van der Waals surface area (Å²) in [5.74, 6) is -0.240. The molecule has 0 fully saturated rings. The second-order valence-electron chi connectivity index (χ2n) is 8.03. The second-order valence-corrected chi connectivity index (χ2v) is 9.31. The first-order valence-electron chi connectivity index (χ1n) is 11.5. The molecule has 4 aromatic rings. The highest BCUT2D eigenvalue weighted by atomic mass is 35.5. The number of hydrogen-bond donors (Lipinski definition) is 1. The van der Waals surface area contributed by atoms with Crippen LogP contribution in [0.2, 0.25) is 15.1 Å². The third-order valence-electron chi connectivity index (χ3n) is 5.36. The molecule has 198 valence electrons. The minimum Gasteiger partial charge on any atom is -0.493 e. The molecule has 0 aliphatic carbocycles. The molecule has 4 rings (SSSR count). The summed E-state index contributed by atoms with van der Waals surface area (Å²) in [4.78, 5) is 25.3. The van der Waals surface area contributed by atoms with Crippen molar-refractivity contribution in [3.8, 4) is 17.2 Å². The minimum absolute atomic E-state index is 0.161. The fourth-order valence-corrected chi connectivity index (χ4v) is 4.02. The van der Waals surface area contributed by atoms with Crippen LogP contribution in [0.15, 0.2) is 90.0 Å². The van der Waals surface area contributed by atoms with Crippen LogP contribution in [-0.4, -0.2) is 25.2 Å². The first-order chi connectivity index (χ1) is 18.8. The maximum atomic E-state index is 12.8. The Balaban J connectivity index is 1.40. The van der Waals surface area contributed by atoms with Crippen LogP contribution >= 0.6 is 34.8 Å². The van der Waals surface area contributed by atoms with Crippen LogP contribution in [0.4, 0.5) is 0 Å². The number of ether oxygens (including phenoxy) is 3. The Kier molecular flexibility index (Phi) is 9.44. The summed E-state index contributed by atoms with van der Waals surface area (Å²) < 4.78 is 16.6. The number of para-hydroxylation sites is 1. The summed E-state index contributed by atoms with van der Waals surface area (Å²) in [6, 6.07) is 23.4. The summed E-state index contributed by atoms with van der Waals surface area (Å²) in [6.07, 6.45) is 1.43. The van der Waals surface area contributed by atoms with Crippen molar-refractivity contribution in [2.45, 2.75) is 6.61 Å². The van der Waals surface area contributed by atoms with Gasteiger partial charge in [-0.05, 0) is 71.8 Å². The van der Waals surface area contributed by atoms with E-state index >= 15 is 0 Å². The molecule has 1 N–H and O–H groups in total. The van der Waals surface area contributed by atoms with Gasteiger partial charge < -0.3 is 14.2 Å². The van der Waals surface area contributed by atoms with Gasteiger partial charge in [-0.25, -0.2) is 10.2 Å². The van der Waals surface area contributed by atoms with Gasteiger partial charge in [0.2, 0.25) is 0 Å². The van der Waals surface area contributed by atoms with Crippen LogP contribution in [-0.2, 0) is 6.61 Å². The monoisotopic (exact) mass is 582 g/mol. The number of halogens is 3. The first-order valence-corrected chi connectivity index (χ1v) is 12.6. The SMILES string of the molecule is COc1cc(/C=N/NC(=O)c2ccccc2OCc2ccc(Cl)cc2)ccc1OC(=O)c1ccc(Cl)cc1Cl. The van der Waals surface area contributed by atoms with Crippen molar-refractivity contribution in [3.05, 3.63) is 122 Å². The molecule has 4 aromatic carbocycles. The molecule has 39 heavy (non-hydrogen) atoms. The molecule has 0 aliphatic heterocycles. The topological polar surface area (TPSA) is 86.2 Å². The van der Waals surface area contributed by atoms with E-state index in [-0.39, 0.29) is 28.7 Å². The number of hydrazone groups is 1. The number of hydrogen-bond acceptors (Lipinski definition) is 6. The van der Waals surface area contributed by atoms with Gasteiger partial charge in [0.1, 0.15) is 12.4 Å². The molecule has 10 heteroatoms. The molecule has 0 unspecified atom stereocenters. The highest BCUT2D eigenvalue weighted by Gasteiger charge is 2.16. The molecule has 0 aliphatic rings. The Morgan fingerprint density at radius 2 is 1.56 bits per heavy atom. The van der Waals surface area contributed by atoms with E-state index in [1.54, 1.807) is 60.7 Å². The number of nitrogens with zero attached hydrogens (tertiary/aromatic N) is 1. The van der Waals surface area contributed by atoms with Gasteiger partial charge in [-0.2, -0.15) is 5.10 Å². The zero-order valence-electron chi connectivity index (χ0n) is 20.5. The Morgan fingerprint density at radius 3 is 2.31 bits per heavy atom. The Hall–Kier alpha value is -4.04. The molecule has 0 radical (unpaired) electrons.